The second-order valence-corrected chi connectivity index (χ2v) is 15.1. The number of para-hydroxylation sites is 3. The van der Waals surface area contributed by atoms with Crippen LogP contribution in [0.5, 0.6) is 0 Å². The maximum absolute atomic E-state index is 5.25. The molecule has 4 aromatic heterocycles. The zero-order valence-electron chi connectivity index (χ0n) is 28.1. The molecule has 0 saturated heterocycles. The Labute approximate surface area is 312 Å². The molecule has 7 aromatic carbocycles. The zero-order valence-corrected chi connectivity index (χ0v) is 29.8. The van der Waals surface area contributed by atoms with Gasteiger partial charge in [0.25, 0.3) is 0 Å². The Morgan fingerprint density at radius 2 is 0.981 bits per heavy atom. The van der Waals surface area contributed by atoms with Gasteiger partial charge in [-0.15, -0.1) is 22.7 Å². The second kappa shape index (κ2) is 12.0. The molecule has 0 amide bonds. The summed E-state index contributed by atoms with van der Waals surface area (Å²) in [7, 11) is 0. The molecule has 0 atom stereocenters. The minimum Gasteiger partial charge on any atom is -0.292 e. The SMILES string of the molecule is c1ccc(-c2nc(-c3cccc4c3sc3ccccc34)nc(-c3cccc4c3sc3ccc(-c5nc6ccccc6n5-c5ccccc5)cc34)n2)cc1. The molecular formula is C46H27N5S2. The highest BCUT2D eigenvalue weighted by molar-refractivity contribution is 7.26. The maximum atomic E-state index is 5.25. The third-order valence-corrected chi connectivity index (χ3v) is 12.3. The van der Waals surface area contributed by atoms with Crippen LogP contribution < -0.4 is 0 Å². The predicted molar refractivity (Wildman–Crippen MR) is 222 cm³/mol. The van der Waals surface area contributed by atoms with Crippen molar-refractivity contribution in [3.63, 3.8) is 0 Å². The summed E-state index contributed by atoms with van der Waals surface area (Å²) in [6.07, 6.45) is 0. The van der Waals surface area contributed by atoms with Crippen molar-refractivity contribution in [1.82, 2.24) is 24.5 Å². The maximum Gasteiger partial charge on any atom is 0.165 e. The van der Waals surface area contributed by atoms with E-state index < -0.39 is 0 Å². The zero-order chi connectivity index (χ0) is 34.9. The molecule has 248 valence electrons. The molecule has 0 bridgehead atoms. The molecule has 0 spiro atoms. The Bertz CT molecular complexity index is 3180. The molecule has 0 radical (unpaired) electrons. The number of hydrogen-bond donors (Lipinski definition) is 0. The number of fused-ring (bicyclic) bond motifs is 7. The van der Waals surface area contributed by atoms with Gasteiger partial charge in [0.15, 0.2) is 17.5 Å². The third-order valence-electron chi connectivity index (χ3n) is 9.88. The number of rotatable bonds is 5. The van der Waals surface area contributed by atoms with E-state index >= 15 is 0 Å². The number of hydrogen-bond acceptors (Lipinski definition) is 6. The van der Waals surface area contributed by atoms with Crippen molar-refractivity contribution in [2.75, 3.05) is 0 Å². The van der Waals surface area contributed by atoms with Crippen LogP contribution in [-0.4, -0.2) is 24.5 Å². The van der Waals surface area contributed by atoms with E-state index in [1.165, 1.54) is 35.6 Å². The highest BCUT2D eigenvalue weighted by Gasteiger charge is 2.20. The van der Waals surface area contributed by atoms with Gasteiger partial charge in [-0.05, 0) is 60.7 Å². The molecule has 11 rings (SSSR count). The van der Waals surface area contributed by atoms with Crippen LogP contribution in [0, 0.1) is 0 Å². The predicted octanol–water partition coefficient (Wildman–Crippen LogP) is 12.6. The number of imidazole rings is 1. The number of aromatic nitrogens is 5. The summed E-state index contributed by atoms with van der Waals surface area (Å²) < 4.78 is 7.03. The van der Waals surface area contributed by atoms with E-state index in [0.717, 1.165) is 49.5 Å². The summed E-state index contributed by atoms with van der Waals surface area (Å²) in [6.45, 7) is 0. The first kappa shape index (κ1) is 30.1. The molecule has 4 heterocycles. The summed E-state index contributed by atoms with van der Waals surface area (Å²) in [4.78, 5) is 20.7. The Morgan fingerprint density at radius 3 is 1.74 bits per heavy atom. The quantitative estimate of drug-likeness (QED) is 0.178. The van der Waals surface area contributed by atoms with Crippen LogP contribution in [0.1, 0.15) is 0 Å². The number of thiophene rings is 2. The highest BCUT2D eigenvalue weighted by atomic mass is 32.1. The first-order valence-corrected chi connectivity index (χ1v) is 19.1. The van der Waals surface area contributed by atoms with Gasteiger partial charge in [-0.3, -0.25) is 4.57 Å². The van der Waals surface area contributed by atoms with Gasteiger partial charge in [0, 0.05) is 68.3 Å². The van der Waals surface area contributed by atoms with Crippen molar-refractivity contribution in [2.24, 2.45) is 0 Å². The summed E-state index contributed by atoms with van der Waals surface area (Å²) in [5, 5.41) is 4.82. The monoisotopic (exact) mass is 713 g/mol. The third kappa shape index (κ3) is 4.89. The van der Waals surface area contributed by atoms with E-state index in [1.54, 1.807) is 22.7 Å². The normalized spacial score (nSPS) is 11.8. The largest absolute Gasteiger partial charge is 0.292 e. The molecular weight excluding hydrogens is 687 g/mol. The van der Waals surface area contributed by atoms with Gasteiger partial charge in [0.2, 0.25) is 0 Å². The van der Waals surface area contributed by atoms with Gasteiger partial charge in [-0.25, -0.2) is 19.9 Å². The summed E-state index contributed by atoms with van der Waals surface area (Å²) in [5.74, 6) is 2.91. The van der Waals surface area contributed by atoms with Crippen molar-refractivity contribution in [3.05, 3.63) is 164 Å². The van der Waals surface area contributed by atoms with Crippen LogP contribution >= 0.6 is 22.7 Å². The van der Waals surface area contributed by atoms with Crippen molar-refractivity contribution < 1.29 is 0 Å². The van der Waals surface area contributed by atoms with Crippen molar-refractivity contribution in [1.29, 1.82) is 0 Å². The van der Waals surface area contributed by atoms with Gasteiger partial charge >= 0.3 is 0 Å². The number of benzene rings is 7. The Hall–Kier alpha value is -6.54. The van der Waals surface area contributed by atoms with Crippen LogP contribution in [0.15, 0.2) is 164 Å². The van der Waals surface area contributed by atoms with Crippen LogP contribution in [0.25, 0.3) is 103 Å². The minimum atomic E-state index is 0.656. The van der Waals surface area contributed by atoms with E-state index in [9.17, 15) is 0 Å². The molecule has 5 nitrogen and oxygen atoms in total. The van der Waals surface area contributed by atoms with E-state index in [4.69, 9.17) is 19.9 Å². The fraction of sp³-hybridized carbons (Fsp3) is 0. The van der Waals surface area contributed by atoms with Crippen LogP contribution in [0.4, 0.5) is 0 Å². The molecule has 11 aromatic rings. The van der Waals surface area contributed by atoms with E-state index in [0.29, 0.717) is 17.5 Å². The topological polar surface area (TPSA) is 56.5 Å². The van der Waals surface area contributed by atoms with Gasteiger partial charge in [0.1, 0.15) is 5.82 Å². The van der Waals surface area contributed by atoms with Gasteiger partial charge in [0.05, 0.1) is 11.0 Å². The van der Waals surface area contributed by atoms with Crippen molar-refractivity contribution >= 4 is 74.1 Å². The molecule has 7 heteroatoms. The molecule has 53 heavy (non-hydrogen) atoms. The van der Waals surface area contributed by atoms with Gasteiger partial charge < -0.3 is 0 Å². The Balaban J connectivity index is 1.11. The minimum absolute atomic E-state index is 0.656. The lowest BCUT2D eigenvalue weighted by Crippen LogP contribution is -2.00. The molecule has 0 aliphatic heterocycles. The molecule has 0 saturated carbocycles. The second-order valence-electron chi connectivity index (χ2n) is 13.0. The van der Waals surface area contributed by atoms with E-state index in [2.05, 4.69) is 138 Å². The van der Waals surface area contributed by atoms with E-state index in [-0.39, 0.29) is 0 Å². The lowest BCUT2D eigenvalue weighted by atomic mass is 10.1. The molecule has 0 N–H and O–H groups in total. The molecule has 0 aliphatic carbocycles. The fourth-order valence-electron chi connectivity index (χ4n) is 7.43. The Morgan fingerprint density at radius 1 is 0.396 bits per heavy atom. The number of nitrogens with zero attached hydrogens (tertiary/aromatic N) is 5. The average Bonchev–Trinajstić information content (AvgIpc) is 3.92. The van der Waals surface area contributed by atoms with Crippen molar-refractivity contribution in [2.45, 2.75) is 0 Å². The fourth-order valence-corrected chi connectivity index (χ4v) is 9.83. The lowest BCUT2D eigenvalue weighted by molar-refractivity contribution is 1.08. The molecule has 0 fully saturated rings. The van der Waals surface area contributed by atoms with Crippen LogP contribution in [-0.2, 0) is 0 Å². The van der Waals surface area contributed by atoms with E-state index in [1.807, 2.05) is 30.3 Å². The van der Waals surface area contributed by atoms with Crippen molar-refractivity contribution in [3.8, 4) is 51.2 Å². The van der Waals surface area contributed by atoms with Crippen LogP contribution in [0.3, 0.4) is 0 Å². The molecule has 0 aliphatic rings. The lowest BCUT2D eigenvalue weighted by Gasteiger charge is -2.10. The highest BCUT2D eigenvalue weighted by Crippen LogP contribution is 2.43. The summed E-state index contributed by atoms with van der Waals surface area (Å²) in [5.41, 5.74) is 7.15. The Kier molecular flexibility index (Phi) is 6.83. The average molecular weight is 714 g/mol. The molecule has 0 unspecified atom stereocenters. The smallest absolute Gasteiger partial charge is 0.165 e. The first-order chi connectivity index (χ1) is 26.3. The summed E-state index contributed by atoms with van der Waals surface area (Å²) >= 11 is 3.56. The van der Waals surface area contributed by atoms with Gasteiger partial charge in [-0.1, -0.05) is 103 Å². The standard InChI is InChI=1S/C46H27N5S2/c1-3-13-28(14-4-1)43-48-44(34-20-11-18-32-31-17-7-10-24-39(31)52-41(32)34)50-45(49-43)35-21-12-19-33-36-27-29(25-26-40(36)53-42(33)35)46-47-37-22-8-9-23-38(37)51(46)30-15-5-2-6-16-30/h1-27H. The summed E-state index contributed by atoms with van der Waals surface area (Å²) in [6, 6.07) is 57.2. The first-order valence-electron chi connectivity index (χ1n) is 17.5. The van der Waals surface area contributed by atoms with Crippen LogP contribution in [0.2, 0.25) is 0 Å². The van der Waals surface area contributed by atoms with Gasteiger partial charge in [-0.2, -0.15) is 0 Å².